The number of hydrogen-bond donors (Lipinski definition) is 2. The van der Waals surface area contributed by atoms with Gasteiger partial charge in [0.25, 0.3) is 0 Å². The molecule has 0 radical (unpaired) electrons. The fourth-order valence-electron chi connectivity index (χ4n) is 4.93. The van der Waals surface area contributed by atoms with E-state index >= 15 is 0 Å². The Morgan fingerprint density at radius 2 is 2.25 bits per heavy atom. The number of nitrogens with zero attached hydrogens (tertiary/aromatic N) is 4. The first-order chi connectivity index (χ1) is 11.8. The fourth-order valence-corrected chi connectivity index (χ4v) is 4.93. The molecule has 2 unspecified atom stereocenters. The van der Waals surface area contributed by atoms with Gasteiger partial charge in [-0.05, 0) is 37.7 Å². The maximum absolute atomic E-state index is 4.55. The molecular formula is C18H26N6. The number of rotatable bonds is 4. The summed E-state index contributed by atoms with van der Waals surface area (Å²) in [6.07, 6.45) is 9.16. The Bertz CT molecular complexity index is 744. The summed E-state index contributed by atoms with van der Waals surface area (Å²) in [5.41, 5.74) is 1.61. The molecule has 0 aromatic carbocycles. The van der Waals surface area contributed by atoms with E-state index in [9.17, 15) is 0 Å². The zero-order chi connectivity index (χ0) is 16.1. The SMILES string of the molecule is CNc1ncnc2c1ccn2C1CCC(CN2CCC23CNC3)C1. The molecule has 5 rings (SSSR count). The van der Waals surface area contributed by atoms with Crippen molar-refractivity contribution in [1.82, 2.24) is 24.8 Å². The van der Waals surface area contributed by atoms with E-state index in [1.54, 1.807) is 6.33 Å². The molecule has 4 heterocycles. The van der Waals surface area contributed by atoms with Crippen LogP contribution in [0.4, 0.5) is 5.82 Å². The van der Waals surface area contributed by atoms with Crippen molar-refractivity contribution >= 4 is 16.9 Å². The normalized spacial score (nSPS) is 28.9. The van der Waals surface area contributed by atoms with Crippen LogP contribution in [0.15, 0.2) is 18.6 Å². The zero-order valence-electron chi connectivity index (χ0n) is 14.3. The minimum absolute atomic E-state index is 0.535. The van der Waals surface area contributed by atoms with E-state index in [0.29, 0.717) is 11.6 Å². The van der Waals surface area contributed by atoms with Crippen LogP contribution >= 0.6 is 0 Å². The maximum Gasteiger partial charge on any atom is 0.145 e. The lowest BCUT2D eigenvalue weighted by atomic mass is 9.78. The summed E-state index contributed by atoms with van der Waals surface area (Å²) in [5, 5.41) is 7.75. The molecule has 6 nitrogen and oxygen atoms in total. The van der Waals surface area contributed by atoms with E-state index in [4.69, 9.17) is 0 Å². The van der Waals surface area contributed by atoms with E-state index in [1.165, 1.54) is 51.9 Å². The summed E-state index contributed by atoms with van der Waals surface area (Å²) >= 11 is 0. The van der Waals surface area contributed by atoms with Crippen LogP contribution in [-0.2, 0) is 0 Å². The predicted molar refractivity (Wildman–Crippen MR) is 95.2 cm³/mol. The average Bonchev–Trinajstić information content (AvgIpc) is 3.16. The third-order valence-corrected chi connectivity index (χ3v) is 6.56. The molecule has 1 spiro atoms. The highest BCUT2D eigenvalue weighted by atomic mass is 15.3. The molecule has 3 fully saturated rings. The minimum Gasteiger partial charge on any atom is -0.372 e. The van der Waals surface area contributed by atoms with Crippen molar-refractivity contribution in [1.29, 1.82) is 0 Å². The van der Waals surface area contributed by atoms with Gasteiger partial charge in [0.2, 0.25) is 0 Å². The van der Waals surface area contributed by atoms with Crippen LogP contribution in [0.3, 0.4) is 0 Å². The van der Waals surface area contributed by atoms with E-state index in [0.717, 1.165) is 22.8 Å². The van der Waals surface area contributed by atoms with E-state index < -0.39 is 0 Å². The fraction of sp³-hybridized carbons (Fsp3) is 0.667. The highest BCUT2D eigenvalue weighted by Gasteiger charge is 2.49. The van der Waals surface area contributed by atoms with Crippen LogP contribution in [0, 0.1) is 5.92 Å². The first kappa shape index (κ1) is 14.7. The van der Waals surface area contributed by atoms with Crippen molar-refractivity contribution in [2.75, 3.05) is 38.5 Å². The molecule has 0 amide bonds. The Labute approximate surface area is 142 Å². The Balaban J connectivity index is 1.31. The van der Waals surface area contributed by atoms with Crippen LogP contribution < -0.4 is 10.6 Å². The molecule has 128 valence electrons. The first-order valence-corrected chi connectivity index (χ1v) is 9.24. The number of fused-ring (bicyclic) bond motifs is 1. The van der Waals surface area contributed by atoms with Crippen molar-refractivity contribution in [3.05, 3.63) is 18.6 Å². The largest absolute Gasteiger partial charge is 0.372 e. The van der Waals surface area contributed by atoms with Crippen molar-refractivity contribution in [2.24, 2.45) is 5.92 Å². The van der Waals surface area contributed by atoms with Gasteiger partial charge in [-0.3, -0.25) is 4.90 Å². The minimum atomic E-state index is 0.535. The maximum atomic E-state index is 4.55. The topological polar surface area (TPSA) is 58.0 Å². The number of aromatic nitrogens is 3. The Morgan fingerprint density at radius 1 is 1.33 bits per heavy atom. The molecule has 0 bridgehead atoms. The zero-order valence-corrected chi connectivity index (χ0v) is 14.3. The van der Waals surface area contributed by atoms with Gasteiger partial charge in [-0.1, -0.05) is 0 Å². The number of nitrogens with one attached hydrogen (secondary N) is 2. The standard InChI is InChI=1S/C18H26N6/c1-19-16-15-4-6-24(17(15)22-12-21-16)14-3-2-13(8-14)9-23-7-5-18(23)10-20-11-18/h4,6,12-14,20H,2-3,5,7-11H2,1H3,(H,19,21,22). The molecule has 24 heavy (non-hydrogen) atoms. The molecule has 2 N–H and O–H groups in total. The predicted octanol–water partition coefficient (Wildman–Crippen LogP) is 1.86. The molecular weight excluding hydrogens is 300 g/mol. The summed E-state index contributed by atoms with van der Waals surface area (Å²) in [5.74, 6) is 1.75. The van der Waals surface area contributed by atoms with E-state index in [2.05, 4.69) is 42.3 Å². The van der Waals surface area contributed by atoms with E-state index in [-0.39, 0.29) is 0 Å². The van der Waals surface area contributed by atoms with Gasteiger partial charge >= 0.3 is 0 Å². The quantitative estimate of drug-likeness (QED) is 0.898. The second-order valence-corrected chi connectivity index (χ2v) is 7.79. The highest BCUT2D eigenvalue weighted by molar-refractivity contribution is 5.87. The number of anilines is 1. The lowest BCUT2D eigenvalue weighted by Crippen LogP contribution is -2.76. The van der Waals surface area contributed by atoms with Gasteiger partial charge < -0.3 is 15.2 Å². The Morgan fingerprint density at radius 3 is 2.96 bits per heavy atom. The number of hydrogen-bond acceptors (Lipinski definition) is 5. The van der Waals surface area contributed by atoms with Gasteiger partial charge in [-0.25, -0.2) is 9.97 Å². The molecule has 2 saturated heterocycles. The Kier molecular flexibility index (Phi) is 3.31. The summed E-state index contributed by atoms with van der Waals surface area (Å²) in [6, 6.07) is 2.74. The second-order valence-electron chi connectivity index (χ2n) is 7.79. The molecule has 1 aliphatic carbocycles. The summed E-state index contributed by atoms with van der Waals surface area (Å²) in [6.45, 7) is 4.99. The van der Waals surface area contributed by atoms with Gasteiger partial charge in [0.15, 0.2) is 0 Å². The smallest absolute Gasteiger partial charge is 0.145 e. The van der Waals surface area contributed by atoms with Gasteiger partial charge in [0, 0.05) is 51.0 Å². The lowest BCUT2D eigenvalue weighted by molar-refractivity contribution is -0.0618. The molecule has 1 saturated carbocycles. The highest BCUT2D eigenvalue weighted by Crippen LogP contribution is 2.41. The molecule has 2 aromatic rings. The van der Waals surface area contributed by atoms with Gasteiger partial charge in [-0.2, -0.15) is 0 Å². The molecule has 2 aliphatic heterocycles. The van der Waals surface area contributed by atoms with Crippen LogP contribution in [-0.4, -0.2) is 58.2 Å². The summed E-state index contributed by atoms with van der Waals surface area (Å²) in [7, 11) is 1.92. The summed E-state index contributed by atoms with van der Waals surface area (Å²) < 4.78 is 2.38. The number of likely N-dealkylation sites (tertiary alicyclic amines) is 1. The van der Waals surface area contributed by atoms with Gasteiger partial charge in [0.05, 0.1) is 5.39 Å². The second kappa shape index (κ2) is 5.43. The third kappa shape index (κ3) is 2.09. The van der Waals surface area contributed by atoms with Crippen LogP contribution in [0.1, 0.15) is 31.7 Å². The van der Waals surface area contributed by atoms with Crippen LogP contribution in [0.5, 0.6) is 0 Å². The molecule has 6 heteroatoms. The van der Waals surface area contributed by atoms with Crippen molar-refractivity contribution in [3.8, 4) is 0 Å². The average molecular weight is 326 g/mol. The van der Waals surface area contributed by atoms with Crippen molar-refractivity contribution in [2.45, 2.75) is 37.3 Å². The van der Waals surface area contributed by atoms with Crippen LogP contribution in [0.25, 0.3) is 11.0 Å². The monoisotopic (exact) mass is 326 g/mol. The first-order valence-electron chi connectivity index (χ1n) is 9.24. The van der Waals surface area contributed by atoms with Crippen LogP contribution in [0.2, 0.25) is 0 Å². The lowest BCUT2D eigenvalue weighted by Gasteiger charge is -2.59. The summed E-state index contributed by atoms with van der Waals surface area (Å²) in [4.78, 5) is 11.6. The van der Waals surface area contributed by atoms with E-state index in [1.807, 2.05) is 7.05 Å². The molecule has 2 atom stereocenters. The van der Waals surface area contributed by atoms with Crippen molar-refractivity contribution in [3.63, 3.8) is 0 Å². The molecule has 3 aliphatic rings. The van der Waals surface area contributed by atoms with Crippen molar-refractivity contribution < 1.29 is 0 Å². The van der Waals surface area contributed by atoms with Gasteiger partial charge in [-0.15, -0.1) is 0 Å². The molecule has 2 aromatic heterocycles. The van der Waals surface area contributed by atoms with Gasteiger partial charge in [0.1, 0.15) is 17.8 Å². The Hall–Kier alpha value is -1.66. The third-order valence-electron chi connectivity index (χ3n) is 6.56.